The molecule has 3 aromatic carbocycles. The molecule has 5 heteroatoms. The van der Waals surface area contributed by atoms with Gasteiger partial charge in [0, 0.05) is 17.4 Å². The quantitative estimate of drug-likeness (QED) is 0.479. The first-order valence-electron chi connectivity index (χ1n) is 10.0. The lowest BCUT2D eigenvalue weighted by Gasteiger charge is -2.13. The fraction of sp³-hybridized carbons (Fsp3) is 0.0769. The van der Waals surface area contributed by atoms with Gasteiger partial charge in [-0.25, -0.2) is 0 Å². The van der Waals surface area contributed by atoms with Crippen molar-refractivity contribution in [3.05, 3.63) is 119 Å². The number of hydrogen-bond acceptors (Lipinski definition) is 3. The van der Waals surface area contributed by atoms with E-state index in [1.807, 2.05) is 84.9 Å². The maximum atomic E-state index is 12.7. The Morgan fingerprint density at radius 2 is 1.48 bits per heavy atom. The Bertz CT molecular complexity index is 1220. The van der Waals surface area contributed by atoms with Crippen LogP contribution in [0.3, 0.4) is 0 Å². The van der Waals surface area contributed by atoms with Gasteiger partial charge in [-0.3, -0.25) is 9.59 Å². The third-order valence-electron chi connectivity index (χ3n) is 4.82. The van der Waals surface area contributed by atoms with Gasteiger partial charge >= 0.3 is 0 Å². The Hall–Kier alpha value is -4.12. The van der Waals surface area contributed by atoms with Gasteiger partial charge in [0.25, 0.3) is 5.56 Å². The molecule has 0 atom stereocenters. The molecule has 0 aliphatic rings. The van der Waals surface area contributed by atoms with Crippen molar-refractivity contribution < 1.29 is 9.53 Å². The molecule has 1 heterocycles. The van der Waals surface area contributed by atoms with Crippen molar-refractivity contribution in [3.63, 3.8) is 0 Å². The van der Waals surface area contributed by atoms with Crippen LogP contribution in [0.4, 0.5) is 5.69 Å². The summed E-state index contributed by atoms with van der Waals surface area (Å²) in [4.78, 5) is 25.4. The molecule has 154 valence electrons. The van der Waals surface area contributed by atoms with Crippen molar-refractivity contribution in [2.45, 2.75) is 13.2 Å². The fourth-order valence-corrected chi connectivity index (χ4v) is 3.29. The number of carbonyl (C=O) groups excluding carboxylic acids is 1. The fourth-order valence-electron chi connectivity index (χ4n) is 3.29. The van der Waals surface area contributed by atoms with Gasteiger partial charge in [-0.2, -0.15) is 0 Å². The summed E-state index contributed by atoms with van der Waals surface area (Å²) in [5.74, 6) is -0.0745. The number of para-hydroxylation sites is 1. The largest absolute Gasteiger partial charge is 0.483 e. The lowest BCUT2D eigenvalue weighted by atomic mass is 10.0. The average Bonchev–Trinajstić information content (AvgIpc) is 2.81. The molecule has 5 nitrogen and oxygen atoms in total. The summed E-state index contributed by atoms with van der Waals surface area (Å²) < 4.78 is 7.02. The Morgan fingerprint density at radius 3 is 2.26 bits per heavy atom. The van der Waals surface area contributed by atoms with Crippen LogP contribution < -0.4 is 15.6 Å². The van der Waals surface area contributed by atoms with Crippen LogP contribution in [-0.4, -0.2) is 10.5 Å². The van der Waals surface area contributed by atoms with Crippen LogP contribution in [0, 0.1) is 0 Å². The van der Waals surface area contributed by atoms with E-state index < -0.39 is 0 Å². The number of pyridine rings is 1. The molecule has 1 aromatic heterocycles. The minimum Gasteiger partial charge on any atom is -0.483 e. The van der Waals surface area contributed by atoms with Gasteiger partial charge in [0.2, 0.25) is 5.91 Å². The average molecular weight is 410 g/mol. The van der Waals surface area contributed by atoms with Crippen molar-refractivity contribution in [1.82, 2.24) is 4.57 Å². The van der Waals surface area contributed by atoms with E-state index in [0.717, 1.165) is 16.7 Å². The topological polar surface area (TPSA) is 60.3 Å². The van der Waals surface area contributed by atoms with E-state index in [1.54, 1.807) is 18.3 Å². The lowest BCUT2D eigenvalue weighted by Crippen LogP contribution is -2.28. The zero-order valence-electron chi connectivity index (χ0n) is 16.9. The first kappa shape index (κ1) is 20.2. The maximum absolute atomic E-state index is 12.7. The van der Waals surface area contributed by atoms with Crippen LogP contribution in [0.2, 0.25) is 0 Å². The lowest BCUT2D eigenvalue weighted by molar-refractivity contribution is -0.116. The van der Waals surface area contributed by atoms with Gasteiger partial charge in [-0.05, 0) is 29.3 Å². The Balaban J connectivity index is 1.47. The molecule has 1 amide bonds. The summed E-state index contributed by atoms with van der Waals surface area (Å²) in [6.45, 7) is 0.182. The highest BCUT2D eigenvalue weighted by atomic mass is 16.5. The number of carbonyl (C=O) groups is 1. The van der Waals surface area contributed by atoms with Crippen LogP contribution >= 0.6 is 0 Å². The molecule has 0 unspecified atom stereocenters. The van der Waals surface area contributed by atoms with Crippen LogP contribution in [0.15, 0.2) is 108 Å². The first-order chi connectivity index (χ1) is 15.2. The van der Waals surface area contributed by atoms with Gasteiger partial charge in [-0.1, -0.05) is 78.9 Å². The second-order valence-electron chi connectivity index (χ2n) is 7.04. The number of aromatic nitrogens is 1. The van der Waals surface area contributed by atoms with E-state index >= 15 is 0 Å². The normalized spacial score (nSPS) is 10.5. The van der Waals surface area contributed by atoms with Crippen LogP contribution in [0.1, 0.15) is 5.56 Å². The van der Waals surface area contributed by atoms with E-state index in [9.17, 15) is 9.59 Å². The van der Waals surface area contributed by atoms with E-state index in [2.05, 4.69) is 5.32 Å². The summed E-state index contributed by atoms with van der Waals surface area (Å²) in [5.41, 5.74) is 3.25. The van der Waals surface area contributed by atoms with E-state index in [-0.39, 0.29) is 30.4 Å². The highest BCUT2D eigenvalue weighted by molar-refractivity contribution is 5.95. The minimum atomic E-state index is -0.343. The zero-order valence-corrected chi connectivity index (χ0v) is 16.9. The molecule has 0 saturated heterocycles. The summed E-state index contributed by atoms with van der Waals surface area (Å²) in [6.07, 6.45) is 1.58. The number of rotatable bonds is 7. The maximum Gasteiger partial charge on any atom is 0.293 e. The second-order valence-corrected chi connectivity index (χ2v) is 7.04. The van der Waals surface area contributed by atoms with Gasteiger partial charge in [0.1, 0.15) is 13.2 Å². The summed E-state index contributed by atoms with van der Waals surface area (Å²) in [7, 11) is 0. The summed E-state index contributed by atoms with van der Waals surface area (Å²) >= 11 is 0. The van der Waals surface area contributed by atoms with Crippen molar-refractivity contribution in [2.24, 2.45) is 0 Å². The van der Waals surface area contributed by atoms with E-state index in [4.69, 9.17) is 4.74 Å². The highest BCUT2D eigenvalue weighted by Crippen LogP contribution is 2.27. The molecule has 0 fully saturated rings. The molecule has 0 bridgehead atoms. The number of hydrogen-bond donors (Lipinski definition) is 1. The molecule has 0 saturated carbocycles. The predicted molar refractivity (Wildman–Crippen MR) is 122 cm³/mol. The zero-order chi connectivity index (χ0) is 21.5. The third-order valence-corrected chi connectivity index (χ3v) is 4.82. The molecule has 0 radical (unpaired) electrons. The summed E-state index contributed by atoms with van der Waals surface area (Å²) in [5, 5.41) is 2.92. The SMILES string of the molecule is O=C(Cn1cccc(OCc2ccccc2)c1=O)Nc1ccccc1-c1ccccc1. The highest BCUT2D eigenvalue weighted by Gasteiger charge is 2.11. The van der Waals surface area contributed by atoms with Crippen LogP contribution in [0.25, 0.3) is 11.1 Å². The third kappa shape index (κ3) is 5.08. The molecular formula is C26H22N2O3. The van der Waals surface area contributed by atoms with E-state index in [1.165, 1.54) is 4.57 Å². The van der Waals surface area contributed by atoms with Gasteiger partial charge in [-0.15, -0.1) is 0 Å². The number of benzene rings is 3. The molecule has 0 aliphatic carbocycles. The molecule has 1 N–H and O–H groups in total. The van der Waals surface area contributed by atoms with Crippen molar-refractivity contribution in [3.8, 4) is 16.9 Å². The second kappa shape index (κ2) is 9.59. The molecule has 31 heavy (non-hydrogen) atoms. The molecular weight excluding hydrogens is 388 g/mol. The monoisotopic (exact) mass is 410 g/mol. The van der Waals surface area contributed by atoms with Gasteiger partial charge in [0.15, 0.2) is 5.75 Å². The van der Waals surface area contributed by atoms with Crippen LogP contribution in [0.5, 0.6) is 5.75 Å². The standard InChI is InChI=1S/C26H22N2O3/c29-25(27-23-15-8-7-14-22(23)21-12-5-2-6-13-21)18-28-17-9-16-24(26(28)30)31-19-20-10-3-1-4-11-20/h1-17H,18-19H2,(H,27,29). The number of nitrogens with zero attached hydrogens (tertiary/aromatic N) is 1. The Kier molecular flexibility index (Phi) is 6.24. The molecule has 4 rings (SSSR count). The predicted octanol–water partition coefficient (Wildman–Crippen LogP) is 4.73. The number of ether oxygens (including phenoxy) is 1. The van der Waals surface area contributed by atoms with Crippen molar-refractivity contribution in [2.75, 3.05) is 5.32 Å². The van der Waals surface area contributed by atoms with Gasteiger partial charge < -0.3 is 14.6 Å². The number of nitrogens with one attached hydrogen (secondary N) is 1. The Labute approximate surface area is 180 Å². The number of anilines is 1. The summed E-state index contributed by atoms with van der Waals surface area (Å²) in [6, 6.07) is 30.4. The molecule has 0 spiro atoms. The van der Waals surface area contributed by atoms with Gasteiger partial charge in [0.05, 0.1) is 0 Å². The first-order valence-corrected chi connectivity index (χ1v) is 10.0. The molecule has 4 aromatic rings. The van der Waals surface area contributed by atoms with Crippen molar-refractivity contribution >= 4 is 11.6 Å². The minimum absolute atomic E-state index is 0.107. The molecule has 0 aliphatic heterocycles. The van der Waals surface area contributed by atoms with Crippen LogP contribution in [-0.2, 0) is 17.9 Å². The van der Waals surface area contributed by atoms with E-state index in [0.29, 0.717) is 5.69 Å². The Morgan fingerprint density at radius 1 is 0.806 bits per heavy atom. The smallest absolute Gasteiger partial charge is 0.293 e. The number of amides is 1. The van der Waals surface area contributed by atoms with Crippen molar-refractivity contribution in [1.29, 1.82) is 0 Å².